The molecule has 0 aromatic rings. The van der Waals surface area contributed by atoms with Crippen molar-refractivity contribution in [1.29, 1.82) is 0 Å². The number of rotatable bonds is 5. The number of piperidine rings is 1. The quantitative estimate of drug-likeness (QED) is 0.811. The first-order valence-electron chi connectivity index (χ1n) is 8.69. The van der Waals surface area contributed by atoms with Crippen LogP contribution >= 0.6 is 0 Å². The van der Waals surface area contributed by atoms with Crippen LogP contribution in [0.5, 0.6) is 0 Å². The van der Waals surface area contributed by atoms with E-state index in [1.54, 1.807) is 0 Å². The Balaban J connectivity index is 1.93. The Morgan fingerprint density at radius 3 is 2.65 bits per heavy atom. The van der Waals surface area contributed by atoms with Crippen LogP contribution in [0.3, 0.4) is 0 Å². The monoisotopic (exact) mass is 280 g/mol. The number of hydrogen-bond donors (Lipinski definition) is 2. The minimum absolute atomic E-state index is 0.143. The Morgan fingerprint density at radius 1 is 1.30 bits per heavy atom. The molecule has 1 saturated heterocycles. The Bertz CT molecular complexity index is 299. The van der Waals surface area contributed by atoms with Gasteiger partial charge >= 0.3 is 0 Å². The third-order valence-electron chi connectivity index (χ3n) is 5.40. The standard InChI is InChI=1S/C17H32N2O/c1-3-10-17(11-7-12-18-13-17)16(20)19-14(2)15-8-5-4-6-9-15/h14-15,18H,3-13H2,1-2H3,(H,19,20)/t14-,17?/m1/s1. The van der Waals surface area contributed by atoms with Crippen molar-refractivity contribution in [2.24, 2.45) is 11.3 Å². The van der Waals surface area contributed by atoms with E-state index in [1.807, 2.05) is 0 Å². The zero-order valence-corrected chi connectivity index (χ0v) is 13.3. The lowest BCUT2D eigenvalue weighted by molar-refractivity contribution is -0.133. The molecule has 0 bridgehead atoms. The van der Waals surface area contributed by atoms with E-state index in [9.17, 15) is 4.79 Å². The van der Waals surface area contributed by atoms with Gasteiger partial charge in [-0.3, -0.25) is 4.79 Å². The molecule has 3 heteroatoms. The third-order valence-corrected chi connectivity index (χ3v) is 5.40. The molecule has 1 aliphatic carbocycles. The van der Waals surface area contributed by atoms with Crippen molar-refractivity contribution in [3.63, 3.8) is 0 Å². The number of carbonyl (C=O) groups is 1. The third kappa shape index (κ3) is 3.75. The van der Waals surface area contributed by atoms with Gasteiger partial charge in [0, 0.05) is 12.6 Å². The molecular formula is C17H32N2O. The second-order valence-electron chi connectivity index (χ2n) is 6.97. The summed E-state index contributed by atoms with van der Waals surface area (Å²) < 4.78 is 0. The maximum atomic E-state index is 12.8. The predicted molar refractivity (Wildman–Crippen MR) is 83.6 cm³/mol. The van der Waals surface area contributed by atoms with E-state index in [0.717, 1.165) is 38.8 Å². The van der Waals surface area contributed by atoms with E-state index >= 15 is 0 Å². The van der Waals surface area contributed by atoms with E-state index in [4.69, 9.17) is 0 Å². The van der Waals surface area contributed by atoms with E-state index in [1.165, 1.54) is 32.1 Å². The average Bonchev–Trinajstić information content (AvgIpc) is 2.49. The molecule has 1 saturated carbocycles. The number of carbonyl (C=O) groups excluding carboxylic acids is 1. The Kier molecular flexibility index (Phi) is 5.88. The van der Waals surface area contributed by atoms with Gasteiger partial charge in [-0.2, -0.15) is 0 Å². The summed E-state index contributed by atoms with van der Waals surface area (Å²) in [6, 6.07) is 0.346. The minimum Gasteiger partial charge on any atom is -0.353 e. The highest BCUT2D eigenvalue weighted by Gasteiger charge is 2.39. The molecule has 1 unspecified atom stereocenters. The fourth-order valence-electron chi connectivity index (χ4n) is 4.08. The maximum Gasteiger partial charge on any atom is 0.227 e. The first kappa shape index (κ1) is 15.8. The number of hydrogen-bond acceptors (Lipinski definition) is 2. The van der Waals surface area contributed by atoms with Crippen LogP contribution in [0, 0.1) is 11.3 Å². The average molecular weight is 280 g/mol. The lowest BCUT2D eigenvalue weighted by Crippen LogP contribution is -2.53. The fourth-order valence-corrected chi connectivity index (χ4v) is 4.08. The topological polar surface area (TPSA) is 41.1 Å². The molecular weight excluding hydrogens is 248 g/mol. The van der Waals surface area contributed by atoms with E-state index < -0.39 is 0 Å². The summed E-state index contributed by atoms with van der Waals surface area (Å²) in [6.07, 6.45) is 10.9. The van der Waals surface area contributed by atoms with Crippen LogP contribution in [0.25, 0.3) is 0 Å². The molecule has 3 nitrogen and oxygen atoms in total. The van der Waals surface area contributed by atoms with Gasteiger partial charge in [-0.1, -0.05) is 32.6 Å². The van der Waals surface area contributed by atoms with Crippen molar-refractivity contribution in [3.8, 4) is 0 Å². The van der Waals surface area contributed by atoms with Crippen LogP contribution in [0.4, 0.5) is 0 Å². The van der Waals surface area contributed by atoms with Crippen LogP contribution in [-0.2, 0) is 4.79 Å². The van der Waals surface area contributed by atoms with Crippen LogP contribution in [0.2, 0.25) is 0 Å². The molecule has 1 amide bonds. The van der Waals surface area contributed by atoms with E-state index in [-0.39, 0.29) is 5.41 Å². The molecule has 20 heavy (non-hydrogen) atoms. The van der Waals surface area contributed by atoms with Gasteiger partial charge in [-0.05, 0) is 51.5 Å². The van der Waals surface area contributed by atoms with Gasteiger partial charge < -0.3 is 10.6 Å². The summed E-state index contributed by atoms with van der Waals surface area (Å²) in [6.45, 7) is 6.33. The molecule has 116 valence electrons. The number of nitrogens with one attached hydrogen (secondary N) is 2. The Hall–Kier alpha value is -0.570. The minimum atomic E-state index is -0.143. The molecule has 0 aromatic heterocycles. The predicted octanol–water partition coefficient (Wildman–Crippen LogP) is 3.24. The summed E-state index contributed by atoms with van der Waals surface area (Å²) in [5.74, 6) is 1.01. The molecule has 0 spiro atoms. The van der Waals surface area contributed by atoms with Crippen LogP contribution in [0.15, 0.2) is 0 Å². The number of amides is 1. The van der Waals surface area contributed by atoms with Gasteiger partial charge in [0.2, 0.25) is 5.91 Å². The zero-order chi connectivity index (χ0) is 14.4. The van der Waals surface area contributed by atoms with Crippen molar-refractivity contribution < 1.29 is 4.79 Å². The molecule has 2 N–H and O–H groups in total. The van der Waals surface area contributed by atoms with Crippen LogP contribution in [-0.4, -0.2) is 25.0 Å². The van der Waals surface area contributed by atoms with Gasteiger partial charge in [0.25, 0.3) is 0 Å². The second kappa shape index (κ2) is 7.44. The normalized spacial score (nSPS) is 29.9. The Morgan fingerprint density at radius 2 is 2.05 bits per heavy atom. The van der Waals surface area contributed by atoms with Gasteiger partial charge in [-0.15, -0.1) is 0 Å². The molecule has 1 heterocycles. The highest BCUT2D eigenvalue weighted by atomic mass is 16.2. The largest absolute Gasteiger partial charge is 0.353 e. The maximum absolute atomic E-state index is 12.8. The SMILES string of the molecule is CCCC1(C(=O)N[C@H](C)C2CCCCC2)CCCNC1. The Labute approximate surface area is 124 Å². The molecule has 0 radical (unpaired) electrons. The fraction of sp³-hybridized carbons (Fsp3) is 0.941. The summed E-state index contributed by atoms with van der Waals surface area (Å²) in [5, 5.41) is 6.80. The van der Waals surface area contributed by atoms with Crippen molar-refractivity contribution >= 4 is 5.91 Å². The summed E-state index contributed by atoms with van der Waals surface area (Å²) >= 11 is 0. The van der Waals surface area contributed by atoms with E-state index in [2.05, 4.69) is 24.5 Å². The van der Waals surface area contributed by atoms with Crippen molar-refractivity contribution in [1.82, 2.24) is 10.6 Å². The van der Waals surface area contributed by atoms with Gasteiger partial charge in [0.05, 0.1) is 5.41 Å². The second-order valence-corrected chi connectivity index (χ2v) is 6.97. The van der Waals surface area contributed by atoms with Crippen molar-refractivity contribution in [2.45, 2.75) is 77.7 Å². The van der Waals surface area contributed by atoms with Gasteiger partial charge in [-0.25, -0.2) is 0 Å². The molecule has 2 rings (SSSR count). The van der Waals surface area contributed by atoms with Gasteiger partial charge in [0.1, 0.15) is 0 Å². The van der Waals surface area contributed by atoms with E-state index in [0.29, 0.717) is 17.9 Å². The van der Waals surface area contributed by atoms with Crippen molar-refractivity contribution in [3.05, 3.63) is 0 Å². The molecule has 2 atom stereocenters. The first-order chi connectivity index (χ1) is 9.68. The summed E-state index contributed by atoms with van der Waals surface area (Å²) in [7, 11) is 0. The molecule has 0 aromatic carbocycles. The van der Waals surface area contributed by atoms with Crippen LogP contribution < -0.4 is 10.6 Å². The zero-order valence-electron chi connectivity index (χ0n) is 13.3. The van der Waals surface area contributed by atoms with Crippen molar-refractivity contribution in [2.75, 3.05) is 13.1 Å². The smallest absolute Gasteiger partial charge is 0.227 e. The summed E-state index contributed by atoms with van der Waals surface area (Å²) in [4.78, 5) is 12.8. The molecule has 1 aliphatic heterocycles. The molecule has 2 aliphatic rings. The highest BCUT2D eigenvalue weighted by molar-refractivity contribution is 5.83. The van der Waals surface area contributed by atoms with Crippen LogP contribution in [0.1, 0.15) is 71.6 Å². The summed E-state index contributed by atoms with van der Waals surface area (Å²) in [5.41, 5.74) is -0.143. The lowest BCUT2D eigenvalue weighted by atomic mass is 9.75. The first-order valence-corrected chi connectivity index (χ1v) is 8.69. The highest BCUT2D eigenvalue weighted by Crippen LogP contribution is 2.33. The van der Waals surface area contributed by atoms with Gasteiger partial charge in [0.15, 0.2) is 0 Å². The molecule has 2 fully saturated rings. The lowest BCUT2D eigenvalue weighted by Gasteiger charge is -2.38.